The van der Waals surface area contributed by atoms with Gasteiger partial charge in [-0.05, 0) is 53.8 Å². The van der Waals surface area contributed by atoms with Crippen molar-refractivity contribution < 1.29 is 8.42 Å². The summed E-state index contributed by atoms with van der Waals surface area (Å²) in [5, 5.41) is 0. The predicted molar refractivity (Wildman–Crippen MR) is 110 cm³/mol. The minimum Gasteiger partial charge on any atom is -0.255 e. The Morgan fingerprint density at radius 1 is 1.07 bits per heavy atom. The van der Waals surface area contributed by atoms with Crippen molar-refractivity contribution in [2.45, 2.75) is 26.3 Å². The molecular formula is C22H23N3O2S. The molecular weight excluding hydrogens is 370 g/mol. The second-order valence-electron chi connectivity index (χ2n) is 7.26. The van der Waals surface area contributed by atoms with Crippen LogP contribution in [0, 0.1) is 6.92 Å². The van der Waals surface area contributed by atoms with Gasteiger partial charge in [0.25, 0.3) is 0 Å². The first-order valence-corrected chi connectivity index (χ1v) is 11.2. The maximum absolute atomic E-state index is 11.9. The van der Waals surface area contributed by atoms with Crippen molar-refractivity contribution in [1.82, 2.24) is 14.3 Å². The number of fused-ring (bicyclic) bond motifs is 1. The van der Waals surface area contributed by atoms with Crippen LogP contribution in [-0.4, -0.2) is 35.5 Å². The number of hydrogen-bond acceptors (Lipinski definition) is 4. The molecule has 5 nitrogen and oxygen atoms in total. The van der Waals surface area contributed by atoms with Crippen molar-refractivity contribution in [3.8, 4) is 11.4 Å². The molecule has 1 aliphatic rings. The Bertz CT molecular complexity index is 1110. The number of pyridine rings is 2. The third-order valence-electron chi connectivity index (χ3n) is 5.23. The smallest absolute Gasteiger partial charge is 0.211 e. The third kappa shape index (κ3) is 3.84. The standard InChI is InChI=1S/C22H23N3O2S/c1-16-9-10-19(24-22(16)21-8-3-4-12-23-21)14-17-6-5-7-18-15-25(28(2,26)27)13-11-20(17)18/h3-10,12H,11,13-15H2,1-2H3. The highest BCUT2D eigenvalue weighted by molar-refractivity contribution is 7.88. The lowest BCUT2D eigenvalue weighted by molar-refractivity contribution is 0.394. The van der Waals surface area contributed by atoms with E-state index < -0.39 is 10.0 Å². The van der Waals surface area contributed by atoms with E-state index in [9.17, 15) is 8.42 Å². The molecule has 144 valence electrons. The number of aromatic nitrogens is 2. The molecule has 0 bridgehead atoms. The Morgan fingerprint density at radius 2 is 1.93 bits per heavy atom. The molecule has 0 unspecified atom stereocenters. The molecule has 0 saturated carbocycles. The fraction of sp³-hybridized carbons (Fsp3) is 0.273. The zero-order chi connectivity index (χ0) is 19.7. The lowest BCUT2D eigenvalue weighted by Gasteiger charge is -2.28. The van der Waals surface area contributed by atoms with E-state index in [1.807, 2.05) is 37.3 Å². The minimum absolute atomic E-state index is 0.447. The number of rotatable bonds is 4. The highest BCUT2D eigenvalue weighted by atomic mass is 32.2. The van der Waals surface area contributed by atoms with E-state index >= 15 is 0 Å². The fourth-order valence-corrected chi connectivity index (χ4v) is 4.53. The molecule has 3 heterocycles. The normalized spacial score (nSPS) is 14.6. The summed E-state index contributed by atoms with van der Waals surface area (Å²) in [6, 6.07) is 16.2. The van der Waals surface area contributed by atoms with E-state index in [0.29, 0.717) is 13.1 Å². The van der Waals surface area contributed by atoms with Crippen molar-refractivity contribution in [3.63, 3.8) is 0 Å². The van der Waals surface area contributed by atoms with E-state index in [1.54, 1.807) is 10.5 Å². The van der Waals surface area contributed by atoms with Crippen LogP contribution in [0.1, 0.15) is 27.9 Å². The predicted octanol–water partition coefficient (Wildman–Crippen LogP) is 3.36. The molecule has 0 aliphatic carbocycles. The van der Waals surface area contributed by atoms with Gasteiger partial charge >= 0.3 is 0 Å². The first-order chi connectivity index (χ1) is 13.4. The summed E-state index contributed by atoms with van der Waals surface area (Å²) in [6.45, 7) is 3.02. The summed E-state index contributed by atoms with van der Waals surface area (Å²) < 4.78 is 25.3. The average Bonchev–Trinajstić information content (AvgIpc) is 2.69. The van der Waals surface area contributed by atoms with Crippen LogP contribution in [0.2, 0.25) is 0 Å². The second kappa shape index (κ2) is 7.45. The average molecular weight is 394 g/mol. The topological polar surface area (TPSA) is 63.2 Å². The first-order valence-electron chi connectivity index (χ1n) is 9.34. The summed E-state index contributed by atoms with van der Waals surface area (Å²) in [5.74, 6) is 0. The third-order valence-corrected chi connectivity index (χ3v) is 6.48. The number of nitrogens with zero attached hydrogens (tertiary/aromatic N) is 3. The molecule has 0 spiro atoms. The van der Waals surface area contributed by atoms with Crippen LogP contribution in [-0.2, 0) is 29.4 Å². The van der Waals surface area contributed by atoms with Gasteiger partial charge in [0, 0.05) is 31.4 Å². The summed E-state index contributed by atoms with van der Waals surface area (Å²) >= 11 is 0. The van der Waals surface area contributed by atoms with Gasteiger partial charge in [0.05, 0.1) is 17.6 Å². The van der Waals surface area contributed by atoms with E-state index in [2.05, 4.69) is 23.2 Å². The van der Waals surface area contributed by atoms with E-state index in [4.69, 9.17) is 4.98 Å². The van der Waals surface area contributed by atoms with E-state index in [0.717, 1.165) is 41.1 Å². The van der Waals surface area contributed by atoms with Gasteiger partial charge in [-0.2, -0.15) is 4.31 Å². The monoisotopic (exact) mass is 393 g/mol. The van der Waals surface area contributed by atoms with Gasteiger partial charge in [-0.25, -0.2) is 8.42 Å². The summed E-state index contributed by atoms with van der Waals surface area (Å²) in [6.07, 6.45) is 4.52. The molecule has 0 fully saturated rings. The lowest BCUT2D eigenvalue weighted by Crippen LogP contribution is -2.35. The first kappa shape index (κ1) is 18.8. The van der Waals surface area contributed by atoms with Crippen LogP contribution in [0.3, 0.4) is 0 Å². The molecule has 6 heteroatoms. The maximum atomic E-state index is 11.9. The van der Waals surface area contributed by atoms with Gasteiger partial charge < -0.3 is 0 Å². The Kier molecular flexibility index (Phi) is 5.00. The molecule has 4 rings (SSSR count). The van der Waals surface area contributed by atoms with Gasteiger partial charge in [-0.3, -0.25) is 9.97 Å². The lowest BCUT2D eigenvalue weighted by atomic mass is 9.93. The maximum Gasteiger partial charge on any atom is 0.211 e. The Morgan fingerprint density at radius 3 is 2.68 bits per heavy atom. The Hall–Kier alpha value is -2.57. The molecule has 1 aliphatic heterocycles. The number of sulfonamides is 1. The quantitative estimate of drug-likeness (QED) is 0.682. The molecule has 0 radical (unpaired) electrons. The Balaban J connectivity index is 1.65. The van der Waals surface area contributed by atoms with Crippen molar-refractivity contribution in [1.29, 1.82) is 0 Å². The van der Waals surface area contributed by atoms with Gasteiger partial charge in [-0.15, -0.1) is 0 Å². The van der Waals surface area contributed by atoms with Crippen LogP contribution in [0.15, 0.2) is 54.7 Å². The van der Waals surface area contributed by atoms with E-state index in [-0.39, 0.29) is 0 Å². The summed E-state index contributed by atoms with van der Waals surface area (Å²) in [4.78, 5) is 9.31. The minimum atomic E-state index is -3.17. The number of benzene rings is 1. The highest BCUT2D eigenvalue weighted by Crippen LogP contribution is 2.26. The molecule has 0 atom stereocenters. The van der Waals surface area contributed by atoms with Crippen LogP contribution in [0.25, 0.3) is 11.4 Å². The SMILES string of the molecule is Cc1ccc(Cc2cccc3c2CCN(S(C)(=O)=O)C3)nc1-c1ccccn1. The van der Waals surface area contributed by atoms with Crippen LogP contribution in [0.5, 0.6) is 0 Å². The summed E-state index contributed by atoms with van der Waals surface area (Å²) in [7, 11) is -3.17. The summed E-state index contributed by atoms with van der Waals surface area (Å²) in [5.41, 5.74) is 7.43. The molecule has 0 amide bonds. The van der Waals surface area contributed by atoms with Crippen LogP contribution >= 0.6 is 0 Å². The molecule has 0 N–H and O–H groups in total. The van der Waals surface area contributed by atoms with Gasteiger partial charge in [-0.1, -0.05) is 30.3 Å². The van der Waals surface area contributed by atoms with Crippen molar-refractivity contribution in [2.24, 2.45) is 0 Å². The van der Waals surface area contributed by atoms with E-state index in [1.165, 1.54) is 17.4 Å². The number of aryl methyl sites for hydroxylation is 1. The molecule has 3 aromatic rings. The number of hydrogen-bond donors (Lipinski definition) is 0. The second-order valence-corrected chi connectivity index (χ2v) is 9.24. The largest absolute Gasteiger partial charge is 0.255 e. The van der Waals surface area contributed by atoms with Crippen molar-refractivity contribution >= 4 is 10.0 Å². The van der Waals surface area contributed by atoms with Gasteiger partial charge in [0.1, 0.15) is 0 Å². The fourth-order valence-electron chi connectivity index (χ4n) is 3.74. The highest BCUT2D eigenvalue weighted by Gasteiger charge is 2.24. The zero-order valence-corrected chi connectivity index (χ0v) is 16.9. The molecule has 0 saturated heterocycles. The zero-order valence-electron chi connectivity index (χ0n) is 16.1. The van der Waals surface area contributed by atoms with Gasteiger partial charge in [0.15, 0.2) is 0 Å². The molecule has 28 heavy (non-hydrogen) atoms. The molecule has 2 aromatic heterocycles. The Labute approximate surface area is 166 Å². The molecule has 1 aromatic carbocycles. The van der Waals surface area contributed by atoms with Crippen LogP contribution < -0.4 is 0 Å². The van der Waals surface area contributed by atoms with Crippen LogP contribution in [0.4, 0.5) is 0 Å². The van der Waals surface area contributed by atoms with Crippen molar-refractivity contribution in [3.05, 3.63) is 82.7 Å². The van der Waals surface area contributed by atoms with Gasteiger partial charge in [0.2, 0.25) is 10.0 Å². The van der Waals surface area contributed by atoms with Crippen molar-refractivity contribution in [2.75, 3.05) is 12.8 Å².